The Balaban J connectivity index is 2.41. The third kappa shape index (κ3) is 8.67. The van der Waals surface area contributed by atoms with Crippen LogP contribution in [0.1, 0.15) is 31.9 Å². The molecule has 0 bridgehead atoms. The van der Waals surface area contributed by atoms with E-state index in [1.165, 1.54) is 13.2 Å². The second-order valence-corrected chi connectivity index (χ2v) is 9.57. The van der Waals surface area contributed by atoms with Crippen molar-refractivity contribution in [3.63, 3.8) is 0 Å². The van der Waals surface area contributed by atoms with Gasteiger partial charge in [0.05, 0.1) is 44.1 Å². The number of nitrogens with two attached hydrogens (primary N) is 1. The predicted octanol–water partition coefficient (Wildman–Crippen LogP) is 4.53. The number of carbonyl (C=O) groups is 1. The van der Waals surface area contributed by atoms with Crippen LogP contribution in [-0.2, 0) is 35.8 Å². The van der Waals surface area contributed by atoms with Gasteiger partial charge in [-0.2, -0.15) is 4.98 Å². The van der Waals surface area contributed by atoms with Crippen molar-refractivity contribution < 1.29 is 37.5 Å². The van der Waals surface area contributed by atoms with Crippen LogP contribution in [0.4, 0.5) is 22.0 Å². The zero-order valence-corrected chi connectivity index (χ0v) is 22.3. The molecule has 2 aromatic rings. The van der Waals surface area contributed by atoms with Gasteiger partial charge in [-0.1, -0.05) is 24.3 Å². The molecule has 1 aromatic heterocycles. The van der Waals surface area contributed by atoms with Crippen LogP contribution in [-0.4, -0.2) is 56.1 Å². The molecule has 13 nitrogen and oxygen atoms in total. The molecule has 0 spiro atoms. The molecule has 0 atom stereocenters. The van der Waals surface area contributed by atoms with E-state index in [2.05, 4.69) is 4.98 Å². The van der Waals surface area contributed by atoms with E-state index >= 15 is 0 Å². The number of nitrogens with zero attached hydrogens (tertiary/aromatic N) is 3. The molecule has 0 aliphatic rings. The summed E-state index contributed by atoms with van der Waals surface area (Å²) in [6.45, 7) is 5.91. The third-order valence-corrected chi connectivity index (χ3v) is 6.92. The quantitative estimate of drug-likeness (QED) is 0.146. The number of amides is 1. The Morgan fingerprint density at radius 1 is 1.08 bits per heavy atom. The van der Waals surface area contributed by atoms with Crippen LogP contribution in [0.2, 0.25) is 0 Å². The number of rotatable bonds is 15. The maximum Gasteiger partial charge on any atom is 0.414 e. The van der Waals surface area contributed by atoms with E-state index in [0.717, 1.165) is 4.90 Å². The van der Waals surface area contributed by atoms with E-state index in [1.807, 2.05) is 0 Å². The van der Waals surface area contributed by atoms with Crippen molar-refractivity contribution >= 4 is 30.9 Å². The highest BCUT2D eigenvalue weighted by atomic mass is 31.2. The third-order valence-electron chi connectivity index (χ3n) is 4.87. The molecule has 0 unspecified atom stereocenters. The minimum Gasteiger partial charge on any atom is -0.475 e. The summed E-state index contributed by atoms with van der Waals surface area (Å²) in [5.41, 5.74) is 6.49. The molecule has 0 fully saturated rings. The first-order chi connectivity index (χ1) is 17.7. The number of methoxy groups -OCH3 is 1. The highest BCUT2D eigenvalue weighted by Gasteiger charge is 2.31. The average Bonchev–Trinajstić information content (AvgIpc) is 2.83. The molecule has 204 valence electrons. The first kappa shape index (κ1) is 30.0. The number of carbonyl (C=O) groups excluding carboxylic acids is 1. The number of ether oxygens (including phenoxy) is 3. The molecule has 2 N–H and O–H groups in total. The number of benzene rings is 1. The summed E-state index contributed by atoms with van der Waals surface area (Å²) in [6.07, 6.45) is -0.745. The summed E-state index contributed by atoms with van der Waals surface area (Å²) in [4.78, 5) is 29.0. The molecule has 2 rings (SSSR count). The van der Waals surface area contributed by atoms with Crippen LogP contribution >= 0.6 is 7.60 Å². The van der Waals surface area contributed by atoms with Crippen LogP contribution in [0.3, 0.4) is 0 Å². The Morgan fingerprint density at radius 2 is 1.70 bits per heavy atom. The van der Waals surface area contributed by atoms with Gasteiger partial charge >= 0.3 is 19.4 Å². The smallest absolute Gasteiger partial charge is 0.414 e. The van der Waals surface area contributed by atoms with Gasteiger partial charge in [0.15, 0.2) is 0 Å². The van der Waals surface area contributed by atoms with E-state index in [4.69, 9.17) is 29.0 Å². The Kier molecular flexibility index (Phi) is 11.7. The van der Waals surface area contributed by atoms with Crippen molar-refractivity contribution in [1.29, 1.82) is 0 Å². The minimum absolute atomic E-state index is 0.0117. The molecule has 1 aromatic carbocycles. The molecule has 0 radical (unpaired) electrons. The van der Waals surface area contributed by atoms with Gasteiger partial charge in [-0.25, -0.2) is 4.79 Å². The van der Waals surface area contributed by atoms with Gasteiger partial charge in [-0.15, -0.1) is 0 Å². The lowest BCUT2D eigenvalue weighted by Crippen LogP contribution is -2.32. The number of nitro groups is 1. The van der Waals surface area contributed by atoms with E-state index in [1.54, 1.807) is 45.0 Å². The van der Waals surface area contributed by atoms with E-state index in [0.29, 0.717) is 11.1 Å². The molecule has 37 heavy (non-hydrogen) atoms. The van der Waals surface area contributed by atoms with Gasteiger partial charge in [-0.3, -0.25) is 19.6 Å². The van der Waals surface area contributed by atoms with E-state index in [-0.39, 0.29) is 57.3 Å². The largest absolute Gasteiger partial charge is 0.475 e. The zero-order valence-electron chi connectivity index (χ0n) is 21.4. The summed E-state index contributed by atoms with van der Waals surface area (Å²) in [7, 11) is -1.81. The normalized spacial score (nSPS) is 11.2. The number of aromatic nitrogens is 1. The Labute approximate surface area is 215 Å². The standard InChI is InChI=1S/C23H33N4O9P/c1-5-33-23(28)26(19-14-20(34-13-12-32-4)25-22(24)21(19)27(29)30)15-17-8-10-18(11-9-17)16-37(31,35-6-2)36-7-3/h8-11,14H,5-7,12-13,15-16H2,1-4H3,(H2,24,25). The van der Waals surface area contributed by atoms with Crippen molar-refractivity contribution in [2.24, 2.45) is 0 Å². The van der Waals surface area contributed by atoms with Crippen molar-refractivity contribution in [2.75, 3.05) is 50.8 Å². The van der Waals surface area contributed by atoms with Gasteiger partial charge < -0.3 is 29.0 Å². The fourth-order valence-corrected chi connectivity index (χ4v) is 5.05. The summed E-state index contributed by atoms with van der Waals surface area (Å²) >= 11 is 0. The van der Waals surface area contributed by atoms with Gasteiger partial charge in [0.25, 0.3) is 0 Å². The number of nitrogen functional groups attached to an aromatic ring is 1. The van der Waals surface area contributed by atoms with E-state index in [9.17, 15) is 19.5 Å². The highest BCUT2D eigenvalue weighted by molar-refractivity contribution is 7.53. The van der Waals surface area contributed by atoms with Crippen molar-refractivity contribution in [3.05, 3.63) is 51.6 Å². The molecular formula is C23H33N4O9P. The summed E-state index contributed by atoms with van der Waals surface area (Å²) < 4.78 is 39.1. The molecule has 0 saturated carbocycles. The van der Waals surface area contributed by atoms with Crippen LogP contribution in [0.5, 0.6) is 5.88 Å². The predicted molar refractivity (Wildman–Crippen MR) is 137 cm³/mol. The Hall–Kier alpha value is -3.25. The number of pyridine rings is 1. The van der Waals surface area contributed by atoms with Gasteiger partial charge in [0.1, 0.15) is 12.3 Å². The van der Waals surface area contributed by atoms with Crippen LogP contribution < -0.4 is 15.4 Å². The molecule has 1 heterocycles. The van der Waals surface area contributed by atoms with Gasteiger partial charge in [0.2, 0.25) is 11.7 Å². The monoisotopic (exact) mass is 540 g/mol. The van der Waals surface area contributed by atoms with Crippen LogP contribution in [0.15, 0.2) is 30.3 Å². The SMILES string of the molecule is CCOC(=O)N(Cc1ccc(CP(=O)(OCC)OCC)cc1)c1cc(OCCOC)nc(N)c1[N+](=O)[O-]. The number of anilines is 2. The first-order valence-electron chi connectivity index (χ1n) is 11.6. The average molecular weight is 541 g/mol. The molecule has 0 aliphatic carbocycles. The fourth-order valence-electron chi connectivity index (χ4n) is 3.34. The lowest BCUT2D eigenvalue weighted by atomic mass is 10.1. The summed E-state index contributed by atoms with van der Waals surface area (Å²) in [5.74, 6) is -0.426. The Bertz CT molecular complexity index is 1090. The number of hydrogen-bond acceptors (Lipinski definition) is 11. The number of hydrogen-bond donors (Lipinski definition) is 1. The Morgan fingerprint density at radius 3 is 2.24 bits per heavy atom. The van der Waals surface area contributed by atoms with Gasteiger partial charge in [0, 0.05) is 13.2 Å². The van der Waals surface area contributed by atoms with Crippen LogP contribution in [0.25, 0.3) is 0 Å². The molecule has 1 amide bonds. The van der Waals surface area contributed by atoms with Crippen molar-refractivity contribution in [1.82, 2.24) is 4.98 Å². The topological polar surface area (TPSA) is 166 Å². The second kappa shape index (κ2) is 14.5. The molecular weight excluding hydrogens is 507 g/mol. The van der Waals surface area contributed by atoms with Crippen molar-refractivity contribution in [3.8, 4) is 5.88 Å². The first-order valence-corrected chi connectivity index (χ1v) is 13.4. The minimum atomic E-state index is -3.30. The van der Waals surface area contributed by atoms with Crippen molar-refractivity contribution in [2.45, 2.75) is 33.5 Å². The maximum absolute atomic E-state index is 12.9. The summed E-state index contributed by atoms with van der Waals surface area (Å²) in [6, 6.07) is 8.11. The molecule has 14 heteroatoms. The highest BCUT2D eigenvalue weighted by Crippen LogP contribution is 2.51. The molecule has 0 aliphatic heterocycles. The lowest BCUT2D eigenvalue weighted by Gasteiger charge is -2.23. The fraction of sp³-hybridized carbons (Fsp3) is 0.478. The van der Waals surface area contributed by atoms with Crippen LogP contribution in [0, 0.1) is 10.1 Å². The van der Waals surface area contributed by atoms with Gasteiger partial charge in [-0.05, 0) is 31.9 Å². The summed E-state index contributed by atoms with van der Waals surface area (Å²) in [5, 5.41) is 11.8. The van der Waals surface area contributed by atoms with E-state index < -0.39 is 30.1 Å². The zero-order chi connectivity index (χ0) is 27.4. The lowest BCUT2D eigenvalue weighted by molar-refractivity contribution is -0.383. The second-order valence-electron chi connectivity index (χ2n) is 7.52. The molecule has 0 saturated heterocycles. The maximum atomic E-state index is 12.9.